The van der Waals surface area contributed by atoms with E-state index in [2.05, 4.69) is 0 Å². The van der Waals surface area contributed by atoms with E-state index in [1.165, 1.54) is 4.31 Å². The maximum Gasteiger partial charge on any atom is 0.243 e. The van der Waals surface area contributed by atoms with Gasteiger partial charge in [-0.05, 0) is 30.2 Å². The van der Waals surface area contributed by atoms with Gasteiger partial charge in [0.1, 0.15) is 5.75 Å². The molecule has 0 N–H and O–H groups in total. The highest BCUT2D eigenvalue weighted by Gasteiger charge is 2.30. The second kappa shape index (κ2) is 5.35. The molecule has 3 rings (SSSR count). The van der Waals surface area contributed by atoms with Crippen LogP contribution in [0.5, 0.6) is 5.75 Å². The lowest BCUT2D eigenvalue weighted by Crippen LogP contribution is -2.45. The van der Waals surface area contributed by atoms with Gasteiger partial charge in [-0.25, -0.2) is 8.42 Å². The molecule has 2 aliphatic heterocycles. The van der Waals surface area contributed by atoms with Crippen LogP contribution in [-0.2, 0) is 21.2 Å². The third kappa shape index (κ3) is 2.43. The molecule has 0 bridgehead atoms. The molecule has 1 saturated heterocycles. The number of nitrogens with zero attached hydrogens (tertiary/aromatic N) is 1. The average Bonchev–Trinajstić information content (AvgIpc) is 2.94. The Kier molecular flexibility index (Phi) is 3.70. The molecular weight excluding hydrogens is 278 g/mol. The first kappa shape index (κ1) is 13.9. The predicted octanol–water partition coefficient (Wildman–Crippen LogP) is 1.42. The fraction of sp³-hybridized carbons (Fsp3) is 0.571. The van der Waals surface area contributed by atoms with Crippen LogP contribution in [0.2, 0.25) is 0 Å². The summed E-state index contributed by atoms with van der Waals surface area (Å²) in [6.45, 7) is 3.96. The largest absolute Gasteiger partial charge is 0.493 e. The Hall–Kier alpha value is -1.11. The van der Waals surface area contributed by atoms with Gasteiger partial charge in [0.2, 0.25) is 10.0 Å². The van der Waals surface area contributed by atoms with Crippen LogP contribution in [0, 0.1) is 0 Å². The van der Waals surface area contributed by atoms with Crippen LogP contribution in [0.15, 0.2) is 23.1 Å². The van der Waals surface area contributed by atoms with Gasteiger partial charge in [0, 0.05) is 19.5 Å². The smallest absolute Gasteiger partial charge is 0.243 e. The van der Waals surface area contributed by atoms with Crippen molar-refractivity contribution in [2.75, 3.05) is 26.3 Å². The molecule has 0 amide bonds. The Balaban J connectivity index is 1.87. The molecule has 20 heavy (non-hydrogen) atoms. The van der Waals surface area contributed by atoms with Gasteiger partial charge in [0.05, 0.1) is 24.2 Å². The van der Waals surface area contributed by atoms with E-state index in [1.807, 2.05) is 6.92 Å². The molecule has 0 aromatic heterocycles. The van der Waals surface area contributed by atoms with E-state index in [9.17, 15) is 8.42 Å². The van der Waals surface area contributed by atoms with Crippen molar-refractivity contribution >= 4 is 10.0 Å². The zero-order chi connectivity index (χ0) is 14.2. The van der Waals surface area contributed by atoms with Crippen molar-refractivity contribution in [1.29, 1.82) is 0 Å². The topological polar surface area (TPSA) is 55.8 Å². The molecule has 0 radical (unpaired) electrons. The number of fused-ring (bicyclic) bond motifs is 1. The van der Waals surface area contributed by atoms with E-state index >= 15 is 0 Å². The van der Waals surface area contributed by atoms with E-state index in [-0.39, 0.29) is 6.10 Å². The van der Waals surface area contributed by atoms with Crippen molar-refractivity contribution in [3.63, 3.8) is 0 Å². The molecule has 1 aromatic rings. The molecule has 2 heterocycles. The fourth-order valence-electron chi connectivity index (χ4n) is 2.63. The summed E-state index contributed by atoms with van der Waals surface area (Å²) in [5.41, 5.74) is 0.978. The number of benzene rings is 1. The highest BCUT2D eigenvalue weighted by atomic mass is 32.2. The van der Waals surface area contributed by atoms with Crippen molar-refractivity contribution in [1.82, 2.24) is 4.31 Å². The quantitative estimate of drug-likeness (QED) is 0.847. The van der Waals surface area contributed by atoms with Crippen LogP contribution in [0.25, 0.3) is 0 Å². The third-order valence-corrected chi connectivity index (χ3v) is 5.72. The predicted molar refractivity (Wildman–Crippen MR) is 74.4 cm³/mol. The number of ether oxygens (including phenoxy) is 2. The normalized spacial score (nSPS) is 23.4. The lowest BCUT2D eigenvalue weighted by molar-refractivity contribution is -0.00277. The van der Waals surface area contributed by atoms with Crippen LogP contribution in [-0.4, -0.2) is 45.1 Å². The van der Waals surface area contributed by atoms with E-state index in [4.69, 9.17) is 9.47 Å². The van der Waals surface area contributed by atoms with Crippen LogP contribution in [0.3, 0.4) is 0 Å². The molecule has 0 aliphatic carbocycles. The van der Waals surface area contributed by atoms with Crippen LogP contribution in [0.1, 0.15) is 18.9 Å². The van der Waals surface area contributed by atoms with Crippen LogP contribution >= 0.6 is 0 Å². The summed E-state index contributed by atoms with van der Waals surface area (Å²) >= 11 is 0. The molecule has 1 aromatic carbocycles. The monoisotopic (exact) mass is 297 g/mol. The first-order valence-electron chi connectivity index (χ1n) is 6.98. The third-order valence-electron chi connectivity index (χ3n) is 3.86. The lowest BCUT2D eigenvalue weighted by Gasteiger charge is -2.31. The summed E-state index contributed by atoms with van der Waals surface area (Å²) in [6.07, 6.45) is 1.60. The fourth-order valence-corrected chi connectivity index (χ4v) is 4.14. The summed E-state index contributed by atoms with van der Waals surface area (Å²) in [6, 6.07) is 5.14. The second-order valence-corrected chi connectivity index (χ2v) is 7.07. The number of hydrogen-bond acceptors (Lipinski definition) is 4. The summed E-state index contributed by atoms with van der Waals surface area (Å²) in [5, 5.41) is 0. The minimum atomic E-state index is -3.43. The lowest BCUT2D eigenvalue weighted by atomic mass is 10.2. The Morgan fingerprint density at radius 2 is 2.20 bits per heavy atom. The first-order valence-corrected chi connectivity index (χ1v) is 8.42. The molecule has 2 aliphatic rings. The number of rotatable bonds is 3. The molecule has 6 heteroatoms. The van der Waals surface area contributed by atoms with Crippen LogP contribution in [0.4, 0.5) is 0 Å². The SMILES string of the molecule is CC[C@H]1CN(S(=O)(=O)c2ccc3c(c2)CCO3)CCO1. The van der Waals surface area contributed by atoms with Crippen molar-refractivity contribution in [3.05, 3.63) is 23.8 Å². The second-order valence-electron chi connectivity index (χ2n) is 5.13. The van der Waals surface area contributed by atoms with Gasteiger partial charge in [-0.15, -0.1) is 0 Å². The maximum absolute atomic E-state index is 12.7. The zero-order valence-corrected chi connectivity index (χ0v) is 12.4. The molecule has 0 unspecified atom stereocenters. The van der Waals surface area contributed by atoms with E-state index < -0.39 is 10.0 Å². The Bertz CT molecular complexity index is 599. The first-order chi connectivity index (χ1) is 9.61. The molecule has 5 nitrogen and oxygen atoms in total. The minimum Gasteiger partial charge on any atom is -0.493 e. The zero-order valence-electron chi connectivity index (χ0n) is 11.5. The van der Waals surface area contributed by atoms with Crippen molar-refractivity contribution in [2.24, 2.45) is 0 Å². The molecule has 1 fully saturated rings. The van der Waals surface area contributed by atoms with Crippen molar-refractivity contribution in [3.8, 4) is 5.75 Å². The maximum atomic E-state index is 12.7. The van der Waals surface area contributed by atoms with E-state index in [0.29, 0.717) is 31.2 Å². The number of hydrogen-bond donors (Lipinski definition) is 0. The summed E-state index contributed by atoms with van der Waals surface area (Å²) in [4.78, 5) is 0.360. The summed E-state index contributed by atoms with van der Waals surface area (Å²) in [7, 11) is -3.43. The molecular formula is C14H19NO4S. The molecule has 0 saturated carbocycles. The van der Waals surface area contributed by atoms with Crippen molar-refractivity contribution in [2.45, 2.75) is 30.8 Å². The number of morpholine rings is 1. The molecule has 1 atom stereocenters. The van der Waals surface area contributed by atoms with Gasteiger partial charge in [-0.2, -0.15) is 4.31 Å². The van der Waals surface area contributed by atoms with E-state index in [1.54, 1.807) is 18.2 Å². The Morgan fingerprint density at radius 1 is 1.35 bits per heavy atom. The highest BCUT2D eigenvalue weighted by Crippen LogP contribution is 2.29. The van der Waals surface area contributed by atoms with Crippen LogP contribution < -0.4 is 4.74 Å². The van der Waals surface area contributed by atoms with Gasteiger partial charge in [0.25, 0.3) is 0 Å². The standard InChI is InChI=1S/C14H19NO4S/c1-2-12-10-15(6-8-18-12)20(16,17)13-3-4-14-11(9-13)5-7-19-14/h3-4,9,12H,2,5-8,10H2,1H3/t12-/m0/s1. The number of sulfonamides is 1. The Morgan fingerprint density at radius 3 is 3.00 bits per heavy atom. The summed E-state index contributed by atoms with van der Waals surface area (Å²) < 4.78 is 37.8. The van der Waals surface area contributed by atoms with Crippen molar-refractivity contribution < 1.29 is 17.9 Å². The molecule has 0 spiro atoms. The molecule has 110 valence electrons. The highest BCUT2D eigenvalue weighted by molar-refractivity contribution is 7.89. The van der Waals surface area contributed by atoms with Gasteiger partial charge in [0.15, 0.2) is 0 Å². The van der Waals surface area contributed by atoms with Gasteiger partial charge < -0.3 is 9.47 Å². The van der Waals surface area contributed by atoms with E-state index in [0.717, 1.165) is 24.2 Å². The summed E-state index contributed by atoms with van der Waals surface area (Å²) in [5.74, 6) is 0.803. The average molecular weight is 297 g/mol. The Labute approximate surface area is 119 Å². The van der Waals surface area contributed by atoms with Gasteiger partial charge in [-0.3, -0.25) is 0 Å². The van der Waals surface area contributed by atoms with Gasteiger partial charge >= 0.3 is 0 Å². The van der Waals surface area contributed by atoms with Gasteiger partial charge in [-0.1, -0.05) is 6.92 Å². The minimum absolute atomic E-state index is 0.00344.